The van der Waals surface area contributed by atoms with Gasteiger partial charge in [0.2, 0.25) is 5.95 Å². The van der Waals surface area contributed by atoms with Crippen molar-refractivity contribution < 1.29 is 0 Å². The monoisotopic (exact) mass is 550 g/mol. The first-order valence-electron chi connectivity index (χ1n) is 12.9. The van der Waals surface area contributed by atoms with Gasteiger partial charge in [0.15, 0.2) is 5.96 Å². The van der Waals surface area contributed by atoms with Crippen LogP contribution >= 0.6 is 37.2 Å². The number of nitrogens with zero attached hydrogens (tertiary/aromatic N) is 4. The van der Waals surface area contributed by atoms with E-state index in [0.717, 1.165) is 44.2 Å². The summed E-state index contributed by atoms with van der Waals surface area (Å²) in [6.45, 7) is 4.09. The lowest BCUT2D eigenvalue weighted by molar-refractivity contribution is 0.0603. The number of guanidine groups is 1. The van der Waals surface area contributed by atoms with E-state index in [2.05, 4.69) is 31.5 Å². The molecule has 0 bridgehead atoms. The number of likely N-dealkylation sites (tertiary alicyclic amines) is 1. The SMILES string of the molecule is Cl.Cl.Cl.N=C(N)NCCC1C(Nc2nccc(N3CCCCCC3)n2)CCCN1C1CCCCC1. The third-order valence-electron chi connectivity index (χ3n) is 7.51. The molecule has 0 amide bonds. The van der Waals surface area contributed by atoms with Crippen molar-refractivity contribution in [1.82, 2.24) is 20.2 Å². The highest BCUT2D eigenvalue weighted by Crippen LogP contribution is 2.31. The lowest BCUT2D eigenvalue weighted by Gasteiger charge is -2.47. The van der Waals surface area contributed by atoms with Crippen LogP contribution in [0.15, 0.2) is 12.3 Å². The third kappa shape index (κ3) is 9.30. The van der Waals surface area contributed by atoms with E-state index < -0.39 is 0 Å². The Kier molecular flexibility index (Phi) is 15.0. The van der Waals surface area contributed by atoms with E-state index in [1.165, 1.54) is 70.8 Å². The highest BCUT2D eigenvalue weighted by atomic mass is 35.5. The molecule has 8 nitrogen and oxygen atoms in total. The molecule has 1 aliphatic carbocycles. The Morgan fingerprint density at radius 2 is 1.63 bits per heavy atom. The average Bonchev–Trinajstić information content (AvgIpc) is 3.10. The van der Waals surface area contributed by atoms with E-state index in [9.17, 15) is 0 Å². The Morgan fingerprint density at radius 3 is 2.31 bits per heavy atom. The first-order chi connectivity index (χ1) is 15.7. The van der Waals surface area contributed by atoms with Gasteiger partial charge in [-0.05, 0) is 57.6 Å². The zero-order valence-electron chi connectivity index (χ0n) is 20.8. The summed E-state index contributed by atoms with van der Waals surface area (Å²) < 4.78 is 0. The summed E-state index contributed by atoms with van der Waals surface area (Å²) >= 11 is 0. The summed E-state index contributed by atoms with van der Waals surface area (Å²) in [5, 5.41) is 14.3. The Morgan fingerprint density at radius 1 is 0.943 bits per heavy atom. The molecule has 35 heavy (non-hydrogen) atoms. The average molecular weight is 552 g/mol. The Bertz CT molecular complexity index is 726. The zero-order valence-corrected chi connectivity index (χ0v) is 23.2. The molecule has 1 aromatic heterocycles. The smallest absolute Gasteiger partial charge is 0.224 e. The highest BCUT2D eigenvalue weighted by Gasteiger charge is 2.36. The van der Waals surface area contributed by atoms with Crippen molar-refractivity contribution in [3.8, 4) is 0 Å². The van der Waals surface area contributed by atoms with Gasteiger partial charge in [0, 0.05) is 44.0 Å². The first-order valence-corrected chi connectivity index (χ1v) is 12.9. The van der Waals surface area contributed by atoms with Gasteiger partial charge in [0.25, 0.3) is 0 Å². The van der Waals surface area contributed by atoms with Crippen molar-refractivity contribution in [1.29, 1.82) is 5.41 Å². The number of nitrogens with one attached hydrogen (secondary N) is 3. The minimum atomic E-state index is 0. The summed E-state index contributed by atoms with van der Waals surface area (Å²) in [6, 6.07) is 3.46. The second-order valence-electron chi connectivity index (χ2n) is 9.76. The molecule has 0 radical (unpaired) electrons. The van der Waals surface area contributed by atoms with Gasteiger partial charge in [-0.2, -0.15) is 4.98 Å². The predicted octanol–water partition coefficient (Wildman–Crippen LogP) is 4.57. The maximum absolute atomic E-state index is 7.54. The molecular weight excluding hydrogens is 507 g/mol. The Labute approximate surface area is 229 Å². The number of aromatic nitrogens is 2. The fraction of sp³-hybridized carbons (Fsp3) is 0.792. The van der Waals surface area contributed by atoms with Crippen molar-refractivity contribution >= 4 is 54.9 Å². The molecule has 4 rings (SSSR count). The molecule has 202 valence electrons. The highest BCUT2D eigenvalue weighted by molar-refractivity contribution is 5.86. The largest absolute Gasteiger partial charge is 0.370 e. The van der Waals surface area contributed by atoms with E-state index in [1.807, 2.05) is 6.20 Å². The van der Waals surface area contributed by atoms with Gasteiger partial charge in [-0.1, -0.05) is 32.1 Å². The topological polar surface area (TPSA) is 106 Å². The van der Waals surface area contributed by atoms with E-state index in [-0.39, 0.29) is 43.2 Å². The fourth-order valence-corrected chi connectivity index (χ4v) is 5.90. The van der Waals surface area contributed by atoms with Gasteiger partial charge < -0.3 is 21.3 Å². The van der Waals surface area contributed by atoms with Gasteiger partial charge >= 0.3 is 0 Å². The summed E-state index contributed by atoms with van der Waals surface area (Å²) in [5.74, 6) is 1.87. The number of hydrogen-bond donors (Lipinski definition) is 4. The van der Waals surface area contributed by atoms with Gasteiger partial charge in [-0.25, -0.2) is 4.98 Å². The lowest BCUT2D eigenvalue weighted by Crippen LogP contribution is -2.56. The summed E-state index contributed by atoms with van der Waals surface area (Å²) in [4.78, 5) is 14.7. The van der Waals surface area contributed by atoms with Crippen LogP contribution in [0, 0.1) is 5.41 Å². The van der Waals surface area contributed by atoms with Crippen LogP contribution in [0.1, 0.15) is 77.0 Å². The second kappa shape index (κ2) is 16.5. The second-order valence-corrected chi connectivity index (χ2v) is 9.76. The van der Waals surface area contributed by atoms with Crippen LogP contribution in [0.5, 0.6) is 0 Å². The molecule has 0 spiro atoms. The summed E-state index contributed by atoms with van der Waals surface area (Å²) in [6.07, 6.45) is 17.0. The molecule has 11 heteroatoms. The van der Waals surface area contributed by atoms with Crippen LogP contribution in [-0.4, -0.2) is 65.1 Å². The number of hydrogen-bond acceptors (Lipinski definition) is 6. The Balaban J connectivity index is 0.00000204. The molecule has 2 unspecified atom stereocenters. The minimum Gasteiger partial charge on any atom is -0.370 e. The maximum atomic E-state index is 7.54. The molecule has 3 heterocycles. The third-order valence-corrected chi connectivity index (χ3v) is 7.51. The molecule has 5 N–H and O–H groups in total. The zero-order chi connectivity index (χ0) is 22.2. The van der Waals surface area contributed by atoms with Crippen LogP contribution in [0.4, 0.5) is 11.8 Å². The summed E-state index contributed by atoms with van der Waals surface area (Å²) in [5.41, 5.74) is 5.56. The van der Waals surface area contributed by atoms with E-state index in [1.54, 1.807) is 0 Å². The van der Waals surface area contributed by atoms with Gasteiger partial charge in [-0.3, -0.25) is 10.3 Å². The van der Waals surface area contributed by atoms with Crippen LogP contribution < -0.4 is 21.3 Å². The number of rotatable bonds is 7. The quantitative estimate of drug-likeness (QED) is 0.290. The minimum absolute atomic E-state index is 0. The van der Waals surface area contributed by atoms with E-state index >= 15 is 0 Å². The summed E-state index contributed by atoms with van der Waals surface area (Å²) in [7, 11) is 0. The normalized spacial score (nSPS) is 23.6. The number of halogens is 3. The van der Waals surface area contributed by atoms with E-state index in [4.69, 9.17) is 16.1 Å². The van der Waals surface area contributed by atoms with Crippen molar-refractivity contribution in [3.05, 3.63) is 12.3 Å². The van der Waals surface area contributed by atoms with Gasteiger partial charge in [0.05, 0.1) is 0 Å². The predicted molar refractivity (Wildman–Crippen MR) is 153 cm³/mol. The van der Waals surface area contributed by atoms with Crippen LogP contribution in [0.25, 0.3) is 0 Å². The van der Waals surface area contributed by atoms with Crippen LogP contribution in [-0.2, 0) is 0 Å². The number of anilines is 2. The fourth-order valence-electron chi connectivity index (χ4n) is 5.90. The molecule has 1 aromatic rings. The number of piperidine rings is 1. The molecular formula is C24H45Cl3N8. The van der Waals surface area contributed by atoms with E-state index in [0.29, 0.717) is 18.1 Å². The molecule has 2 saturated heterocycles. The molecule has 3 aliphatic rings. The lowest BCUT2D eigenvalue weighted by atomic mass is 9.87. The van der Waals surface area contributed by atoms with Crippen LogP contribution in [0.3, 0.4) is 0 Å². The molecule has 2 aliphatic heterocycles. The standard InChI is InChI=1S/C24H42N8.3ClH/c25-23(26)27-14-12-21-20(11-8-18-32(21)19-9-4-3-5-10-19)29-24-28-15-13-22(30-24)31-16-6-1-2-7-17-31;;;/h13,15,19-21H,1-12,14,16-18H2,(H4,25,26,27)(H,28,29,30);3*1H. The van der Waals surface area contributed by atoms with Gasteiger partial charge in [-0.15, -0.1) is 37.2 Å². The number of nitrogens with two attached hydrogens (primary N) is 1. The molecule has 2 atom stereocenters. The first kappa shape index (κ1) is 31.8. The van der Waals surface area contributed by atoms with Crippen LogP contribution in [0.2, 0.25) is 0 Å². The molecule has 3 fully saturated rings. The van der Waals surface area contributed by atoms with Gasteiger partial charge in [0.1, 0.15) is 5.82 Å². The molecule has 0 aromatic carbocycles. The van der Waals surface area contributed by atoms with Crippen molar-refractivity contribution in [2.24, 2.45) is 5.73 Å². The maximum Gasteiger partial charge on any atom is 0.224 e. The molecule has 1 saturated carbocycles. The van der Waals surface area contributed by atoms with Crippen molar-refractivity contribution in [3.63, 3.8) is 0 Å². The van der Waals surface area contributed by atoms with Crippen molar-refractivity contribution in [2.45, 2.75) is 95.2 Å². The van der Waals surface area contributed by atoms with Crippen molar-refractivity contribution in [2.75, 3.05) is 36.4 Å². The Hall–Kier alpha value is -1.22.